The summed E-state index contributed by atoms with van der Waals surface area (Å²) >= 11 is 0. The van der Waals surface area contributed by atoms with E-state index >= 15 is 0 Å². The average Bonchev–Trinajstić information content (AvgIpc) is 2.79. The highest BCUT2D eigenvalue weighted by molar-refractivity contribution is 5.93. The molecule has 0 radical (unpaired) electrons. The number of carbonyl (C=O) groups excluding carboxylic acids is 1. The van der Waals surface area contributed by atoms with E-state index in [0.717, 1.165) is 22.7 Å². The molecule has 4 aromatic rings. The quantitative estimate of drug-likeness (QED) is 0.336. The van der Waals surface area contributed by atoms with E-state index in [0.29, 0.717) is 34.8 Å². The number of benzene rings is 2. The van der Waals surface area contributed by atoms with Crippen LogP contribution < -0.4 is 19.5 Å². The summed E-state index contributed by atoms with van der Waals surface area (Å²) in [5.41, 5.74) is 3.31. The molecule has 162 valence electrons. The summed E-state index contributed by atoms with van der Waals surface area (Å²) in [6.45, 7) is 3.71. The third-order valence-electron chi connectivity index (χ3n) is 4.71. The van der Waals surface area contributed by atoms with Crippen molar-refractivity contribution < 1.29 is 19.0 Å². The Balaban J connectivity index is 1.58. The van der Waals surface area contributed by atoms with Crippen molar-refractivity contribution >= 4 is 28.4 Å². The number of pyridine rings is 1. The molecular formula is C24H22N4O4. The summed E-state index contributed by atoms with van der Waals surface area (Å²) in [5, 5.41) is 4.00. The summed E-state index contributed by atoms with van der Waals surface area (Å²) in [7, 11) is 1.51. The second-order valence-corrected chi connectivity index (χ2v) is 7.05. The Morgan fingerprint density at radius 2 is 1.88 bits per heavy atom. The third kappa shape index (κ3) is 4.75. The predicted octanol–water partition coefficient (Wildman–Crippen LogP) is 4.59. The Bertz CT molecular complexity index is 1260. The van der Waals surface area contributed by atoms with Gasteiger partial charge in [0.25, 0.3) is 0 Å². The zero-order valence-corrected chi connectivity index (χ0v) is 18.0. The number of methoxy groups -OCH3 is 1. The largest absolute Gasteiger partial charge is 0.493 e. The molecule has 1 N–H and O–H groups in total. The van der Waals surface area contributed by atoms with Crippen LogP contribution in [0, 0.1) is 6.92 Å². The molecule has 8 heteroatoms. The van der Waals surface area contributed by atoms with Gasteiger partial charge in [0.2, 0.25) is 0 Å². The van der Waals surface area contributed by atoms with Crippen molar-refractivity contribution in [1.82, 2.24) is 15.0 Å². The monoisotopic (exact) mass is 430 g/mol. The van der Waals surface area contributed by atoms with Gasteiger partial charge in [0.1, 0.15) is 24.5 Å². The van der Waals surface area contributed by atoms with Gasteiger partial charge in [0, 0.05) is 30.3 Å². The lowest BCUT2D eigenvalue weighted by Crippen LogP contribution is -2.04. The number of ether oxygens (including phenoxy) is 3. The fourth-order valence-corrected chi connectivity index (χ4v) is 3.22. The SMILES string of the molecule is COc1cc2ncnc(Nc3ccc(OCc4ccccn4)c(C)c3)c2cc1OC(C)=O. The third-order valence-corrected chi connectivity index (χ3v) is 4.71. The number of rotatable bonds is 7. The summed E-state index contributed by atoms with van der Waals surface area (Å²) in [6, 6.07) is 14.9. The Morgan fingerprint density at radius 1 is 1.00 bits per heavy atom. The molecule has 0 aliphatic heterocycles. The van der Waals surface area contributed by atoms with Crippen molar-refractivity contribution in [3.63, 3.8) is 0 Å². The van der Waals surface area contributed by atoms with Crippen LogP contribution in [0.3, 0.4) is 0 Å². The molecule has 32 heavy (non-hydrogen) atoms. The van der Waals surface area contributed by atoms with Crippen LogP contribution in [0.2, 0.25) is 0 Å². The van der Waals surface area contributed by atoms with Gasteiger partial charge in [-0.15, -0.1) is 0 Å². The number of anilines is 2. The molecule has 0 unspecified atom stereocenters. The average molecular weight is 430 g/mol. The maximum atomic E-state index is 11.5. The van der Waals surface area contributed by atoms with Gasteiger partial charge in [-0.1, -0.05) is 6.07 Å². The molecule has 4 rings (SSSR count). The van der Waals surface area contributed by atoms with Crippen LogP contribution in [-0.4, -0.2) is 28.0 Å². The second kappa shape index (κ2) is 9.30. The van der Waals surface area contributed by atoms with Crippen LogP contribution >= 0.6 is 0 Å². The van der Waals surface area contributed by atoms with Gasteiger partial charge in [0.15, 0.2) is 11.5 Å². The lowest BCUT2D eigenvalue weighted by Gasteiger charge is -2.14. The van der Waals surface area contributed by atoms with E-state index in [1.165, 1.54) is 20.4 Å². The molecule has 0 atom stereocenters. The number of nitrogens with one attached hydrogen (secondary N) is 1. The highest BCUT2D eigenvalue weighted by Gasteiger charge is 2.13. The van der Waals surface area contributed by atoms with Crippen molar-refractivity contribution in [3.8, 4) is 17.2 Å². The first-order valence-corrected chi connectivity index (χ1v) is 9.95. The zero-order chi connectivity index (χ0) is 22.5. The van der Waals surface area contributed by atoms with E-state index in [1.807, 2.05) is 43.3 Å². The minimum atomic E-state index is -0.439. The van der Waals surface area contributed by atoms with Crippen molar-refractivity contribution in [2.45, 2.75) is 20.5 Å². The topological polar surface area (TPSA) is 95.5 Å². The van der Waals surface area contributed by atoms with Crippen LogP contribution in [0.5, 0.6) is 17.2 Å². The Morgan fingerprint density at radius 3 is 2.59 bits per heavy atom. The van der Waals surface area contributed by atoms with Crippen molar-refractivity contribution in [2.75, 3.05) is 12.4 Å². The van der Waals surface area contributed by atoms with Gasteiger partial charge >= 0.3 is 5.97 Å². The molecular weight excluding hydrogens is 408 g/mol. The molecule has 0 saturated carbocycles. The summed E-state index contributed by atoms with van der Waals surface area (Å²) in [6.07, 6.45) is 3.21. The predicted molar refractivity (Wildman–Crippen MR) is 120 cm³/mol. The van der Waals surface area contributed by atoms with E-state index < -0.39 is 5.97 Å². The number of hydrogen-bond acceptors (Lipinski definition) is 8. The van der Waals surface area contributed by atoms with E-state index in [9.17, 15) is 4.79 Å². The van der Waals surface area contributed by atoms with Gasteiger partial charge in [-0.3, -0.25) is 9.78 Å². The molecule has 2 aromatic heterocycles. The number of aryl methyl sites for hydroxylation is 1. The van der Waals surface area contributed by atoms with Crippen LogP contribution in [0.25, 0.3) is 10.9 Å². The first-order chi connectivity index (χ1) is 15.5. The fraction of sp³-hybridized carbons (Fsp3) is 0.167. The number of fused-ring (bicyclic) bond motifs is 1. The molecule has 0 aliphatic rings. The fourth-order valence-electron chi connectivity index (χ4n) is 3.22. The van der Waals surface area contributed by atoms with Crippen LogP contribution in [0.15, 0.2) is 61.1 Å². The maximum Gasteiger partial charge on any atom is 0.308 e. The van der Waals surface area contributed by atoms with Gasteiger partial charge in [-0.05, 0) is 48.9 Å². The Hall–Kier alpha value is -4.20. The van der Waals surface area contributed by atoms with E-state index in [2.05, 4.69) is 20.3 Å². The highest BCUT2D eigenvalue weighted by Crippen LogP contribution is 2.35. The molecule has 0 fully saturated rings. The van der Waals surface area contributed by atoms with E-state index in [1.54, 1.807) is 18.3 Å². The molecule has 0 aliphatic carbocycles. The first-order valence-electron chi connectivity index (χ1n) is 9.95. The van der Waals surface area contributed by atoms with Gasteiger partial charge < -0.3 is 19.5 Å². The molecule has 0 spiro atoms. The minimum Gasteiger partial charge on any atom is -0.493 e. The van der Waals surface area contributed by atoms with Gasteiger partial charge in [0.05, 0.1) is 18.3 Å². The smallest absolute Gasteiger partial charge is 0.308 e. The van der Waals surface area contributed by atoms with Crippen molar-refractivity contribution in [1.29, 1.82) is 0 Å². The van der Waals surface area contributed by atoms with Gasteiger partial charge in [-0.25, -0.2) is 9.97 Å². The lowest BCUT2D eigenvalue weighted by molar-refractivity contribution is -0.132. The molecule has 0 amide bonds. The van der Waals surface area contributed by atoms with Crippen LogP contribution in [0.4, 0.5) is 11.5 Å². The Labute approximate surface area is 185 Å². The van der Waals surface area contributed by atoms with Gasteiger partial charge in [-0.2, -0.15) is 0 Å². The zero-order valence-electron chi connectivity index (χ0n) is 18.0. The molecule has 0 bridgehead atoms. The van der Waals surface area contributed by atoms with E-state index in [-0.39, 0.29) is 0 Å². The summed E-state index contributed by atoms with van der Waals surface area (Å²) in [5.74, 6) is 1.64. The number of carbonyl (C=O) groups is 1. The number of nitrogens with zero attached hydrogens (tertiary/aromatic N) is 3. The molecule has 2 aromatic carbocycles. The lowest BCUT2D eigenvalue weighted by atomic mass is 10.1. The molecule has 2 heterocycles. The number of aromatic nitrogens is 3. The summed E-state index contributed by atoms with van der Waals surface area (Å²) in [4.78, 5) is 24.4. The summed E-state index contributed by atoms with van der Waals surface area (Å²) < 4.78 is 16.5. The first kappa shape index (κ1) is 21.0. The maximum absolute atomic E-state index is 11.5. The highest BCUT2D eigenvalue weighted by atomic mass is 16.6. The standard InChI is InChI=1S/C24H22N4O4/c1-15-10-17(7-8-21(15)31-13-18-6-4-5-9-25-18)28-24-19-11-23(32-16(2)29)22(30-3)12-20(19)26-14-27-24/h4-12,14H,13H2,1-3H3,(H,26,27,28). The van der Waals surface area contributed by atoms with Crippen molar-refractivity contribution in [2.24, 2.45) is 0 Å². The second-order valence-electron chi connectivity index (χ2n) is 7.05. The molecule has 8 nitrogen and oxygen atoms in total. The molecule has 0 saturated heterocycles. The number of hydrogen-bond donors (Lipinski definition) is 1. The minimum absolute atomic E-state index is 0.305. The normalized spacial score (nSPS) is 10.6. The van der Waals surface area contributed by atoms with Crippen molar-refractivity contribution in [3.05, 3.63) is 72.3 Å². The number of esters is 1. The Kier molecular flexibility index (Phi) is 6.12. The van der Waals surface area contributed by atoms with E-state index in [4.69, 9.17) is 14.2 Å². The van der Waals surface area contributed by atoms with Crippen LogP contribution in [0.1, 0.15) is 18.2 Å². The van der Waals surface area contributed by atoms with Crippen LogP contribution in [-0.2, 0) is 11.4 Å².